The Morgan fingerprint density at radius 1 is 1.27 bits per heavy atom. The zero-order chi connectivity index (χ0) is 10.8. The number of halogens is 2. The first-order valence-corrected chi connectivity index (χ1v) is 5.15. The van der Waals surface area contributed by atoms with Crippen LogP contribution in [0.3, 0.4) is 0 Å². The minimum atomic E-state index is 0.644. The summed E-state index contributed by atoms with van der Waals surface area (Å²) in [6, 6.07) is 7.19. The minimum absolute atomic E-state index is 0.644. The maximum atomic E-state index is 6.06. The van der Waals surface area contributed by atoms with E-state index < -0.39 is 0 Å². The van der Waals surface area contributed by atoms with Gasteiger partial charge in [0.25, 0.3) is 0 Å². The van der Waals surface area contributed by atoms with Crippen LogP contribution in [0.2, 0.25) is 10.0 Å². The Labute approximate surface area is 97.4 Å². The molecule has 0 saturated carbocycles. The molecule has 15 heavy (non-hydrogen) atoms. The van der Waals surface area contributed by atoms with Gasteiger partial charge in [-0.25, -0.2) is 0 Å². The van der Waals surface area contributed by atoms with E-state index in [0.29, 0.717) is 10.0 Å². The van der Waals surface area contributed by atoms with Crippen molar-refractivity contribution in [3.8, 4) is 11.3 Å². The van der Waals surface area contributed by atoms with E-state index in [-0.39, 0.29) is 0 Å². The quantitative estimate of drug-likeness (QED) is 0.846. The van der Waals surface area contributed by atoms with Gasteiger partial charge in [-0.3, -0.25) is 5.10 Å². The number of benzene rings is 1. The van der Waals surface area contributed by atoms with E-state index in [1.54, 1.807) is 25.2 Å². The molecule has 0 unspecified atom stereocenters. The Balaban J connectivity index is 2.48. The molecule has 1 heterocycles. The number of H-pyrrole nitrogens is 1. The van der Waals surface area contributed by atoms with Crippen molar-refractivity contribution < 1.29 is 0 Å². The number of nitrogens with zero attached hydrogens (tertiary/aromatic N) is 1. The molecule has 2 N–H and O–H groups in total. The summed E-state index contributed by atoms with van der Waals surface area (Å²) in [7, 11) is 1.81. The number of anilines is 1. The highest BCUT2D eigenvalue weighted by molar-refractivity contribution is 6.35. The van der Waals surface area contributed by atoms with Crippen molar-refractivity contribution in [2.24, 2.45) is 0 Å². The van der Waals surface area contributed by atoms with Crippen LogP contribution >= 0.6 is 23.2 Å². The molecule has 1 aromatic heterocycles. The van der Waals surface area contributed by atoms with Crippen LogP contribution in [0, 0.1) is 0 Å². The number of nitrogens with one attached hydrogen (secondary N) is 2. The average Bonchev–Trinajstić information content (AvgIpc) is 2.70. The summed E-state index contributed by atoms with van der Waals surface area (Å²) in [4.78, 5) is 0. The molecule has 0 aliphatic heterocycles. The molecule has 0 aliphatic carbocycles. The summed E-state index contributed by atoms with van der Waals surface area (Å²) in [6.07, 6.45) is 0. The number of aromatic nitrogens is 2. The zero-order valence-electron chi connectivity index (χ0n) is 8.01. The smallest absolute Gasteiger partial charge is 0.148 e. The first-order chi connectivity index (χ1) is 7.20. The van der Waals surface area contributed by atoms with Crippen LogP contribution in [-0.4, -0.2) is 17.2 Å². The molecule has 0 aliphatic rings. The van der Waals surface area contributed by atoms with Gasteiger partial charge in [-0.2, -0.15) is 5.10 Å². The third kappa shape index (κ3) is 2.08. The summed E-state index contributed by atoms with van der Waals surface area (Å²) < 4.78 is 0. The Morgan fingerprint density at radius 3 is 2.73 bits per heavy atom. The third-order valence-electron chi connectivity index (χ3n) is 2.05. The molecule has 0 radical (unpaired) electrons. The molecule has 2 aromatic rings. The largest absolute Gasteiger partial charge is 0.372 e. The van der Waals surface area contributed by atoms with Crippen LogP contribution in [-0.2, 0) is 0 Å². The lowest BCUT2D eigenvalue weighted by Crippen LogP contribution is -1.85. The van der Waals surface area contributed by atoms with Gasteiger partial charge in [-0.1, -0.05) is 23.2 Å². The molecule has 5 heteroatoms. The fourth-order valence-electron chi connectivity index (χ4n) is 1.29. The Hall–Kier alpha value is -1.19. The lowest BCUT2D eigenvalue weighted by molar-refractivity contribution is 1.09. The van der Waals surface area contributed by atoms with Crippen LogP contribution in [0.25, 0.3) is 11.3 Å². The highest BCUT2D eigenvalue weighted by Crippen LogP contribution is 2.30. The van der Waals surface area contributed by atoms with Crippen molar-refractivity contribution in [3.63, 3.8) is 0 Å². The van der Waals surface area contributed by atoms with Crippen molar-refractivity contribution in [2.75, 3.05) is 12.4 Å². The van der Waals surface area contributed by atoms with Gasteiger partial charge in [-0.05, 0) is 18.2 Å². The highest BCUT2D eigenvalue weighted by atomic mass is 35.5. The van der Waals surface area contributed by atoms with Gasteiger partial charge >= 0.3 is 0 Å². The van der Waals surface area contributed by atoms with Gasteiger partial charge in [0.1, 0.15) is 5.82 Å². The Kier molecular flexibility index (Phi) is 2.84. The monoisotopic (exact) mass is 241 g/mol. The minimum Gasteiger partial charge on any atom is -0.372 e. The van der Waals surface area contributed by atoms with Crippen LogP contribution in [0.1, 0.15) is 0 Å². The predicted molar refractivity (Wildman–Crippen MR) is 63.6 cm³/mol. The predicted octanol–water partition coefficient (Wildman–Crippen LogP) is 3.43. The lowest BCUT2D eigenvalue weighted by atomic mass is 10.1. The van der Waals surface area contributed by atoms with Gasteiger partial charge in [0.15, 0.2) is 0 Å². The maximum absolute atomic E-state index is 6.06. The average molecular weight is 242 g/mol. The fourth-order valence-corrected chi connectivity index (χ4v) is 1.68. The molecule has 0 spiro atoms. The zero-order valence-corrected chi connectivity index (χ0v) is 9.52. The van der Waals surface area contributed by atoms with Crippen molar-refractivity contribution >= 4 is 29.0 Å². The third-order valence-corrected chi connectivity index (χ3v) is 2.62. The molecule has 0 bridgehead atoms. The number of aromatic amines is 1. The molecule has 0 fully saturated rings. The molecule has 0 amide bonds. The van der Waals surface area contributed by atoms with Crippen LogP contribution in [0.5, 0.6) is 0 Å². The van der Waals surface area contributed by atoms with E-state index in [9.17, 15) is 0 Å². The normalized spacial score (nSPS) is 10.3. The number of hydrogen-bond donors (Lipinski definition) is 2. The summed E-state index contributed by atoms with van der Waals surface area (Å²) in [5, 5.41) is 11.2. The topological polar surface area (TPSA) is 40.7 Å². The lowest BCUT2D eigenvalue weighted by Gasteiger charge is -2.00. The van der Waals surface area contributed by atoms with E-state index in [1.165, 1.54) is 0 Å². The molecule has 0 saturated heterocycles. The van der Waals surface area contributed by atoms with E-state index in [4.69, 9.17) is 23.2 Å². The summed E-state index contributed by atoms with van der Waals surface area (Å²) in [5.74, 6) is 0.765. The molecule has 1 aromatic carbocycles. The SMILES string of the molecule is CNc1cc(-c2cc(Cl)ccc2Cl)[nH]n1. The molecule has 2 rings (SSSR count). The molecule has 3 nitrogen and oxygen atoms in total. The van der Waals surface area contributed by atoms with Crippen molar-refractivity contribution in [3.05, 3.63) is 34.3 Å². The first kappa shape index (κ1) is 10.3. The van der Waals surface area contributed by atoms with Gasteiger partial charge < -0.3 is 5.32 Å². The van der Waals surface area contributed by atoms with Gasteiger partial charge in [0.2, 0.25) is 0 Å². The maximum Gasteiger partial charge on any atom is 0.148 e. The van der Waals surface area contributed by atoms with Crippen LogP contribution in [0.15, 0.2) is 24.3 Å². The molecule has 78 valence electrons. The van der Waals surface area contributed by atoms with Crippen molar-refractivity contribution in [2.45, 2.75) is 0 Å². The second-order valence-corrected chi connectivity index (χ2v) is 3.88. The Morgan fingerprint density at radius 2 is 2.07 bits per heavy atom. The van der Waals surface area contributed by atoms with Gasteiger partial charge in [-0.15, -0.1) is 0 Å². The molecular weight excluding hydrogens is 233 g/mol. The Bertz CT molecular complexity index is 479. The summed E-state index contributed by atoms with van der Waals surface area (Å²) in [5.41, 5.74) is 1.69. The standard InChI is InChI=1S/C10H9Cl2N3/c1-13-10-5-9(14-15-10)7-4-6(11)2-3-8(7)12/h2-5H,1H3,(H2,13,14,15). The number of rotatable bonds is 2. The second-order valence-electron chi connectivity index (χ2n) is 3.04. The molecule has 0 atom stereocenters. The van der Waals surface area contributed by atoms with Gasteiger partial charge in [0.05, 0.1) is 10.7 Å². The van der Waals surface area contributed by atoms with E-state index in [2.05, 4.69) is 15.5 Å². The van der Waals surface area contributed by atoms with Crippen LogP contribution in [0.4, 0.5) is 5.82 Å². The number of hydrogen-bond acceptors (Lipinski definition) is 2. The second kappa shape index (κ2) is 4.13. The van der Waals surface area contributed by atoms with Crippen LogP contribution < -0.4 is 5.32 Å². The highest BCUT2D eigenvalue weighted by Gasteiger charge is 2.07. The van der Waals surface area contributed by atoms with E-state index in [0.717, 1.165) is 17.1 Å². The first-order valence-electron chi connectivity index (χ1n) is 4.39. The molecular formula is C10H9Cl2N3. The fraction of sp³-hybridized carbons (Fsp3) is 0.100. The summed E-state index contributed by atoms with van der Waals surface area (Å²) in [6.45, 7) is 0. The van der Waals surface area contributed by atoms with E-state index in [1.807, 2.05) is 6.07 Å². The van der Waals surface area contributed by atoms with E-state index >= 15 is 0 Å². The van der Waals surface area contributed by atoms with Crippen molar-refractivity contribution in [1.29, 1.82) is 0 Å². The van der Waals surface area contributed by atoms with Gasteiger partial charge in [0, 0.05) is 23.7 Å². The van der Waals surface area contributed by atoms with Crippen molar-refractivity contribution in [1.82, 2.24) is 10.2 Å². The summed E-state index contributed by atoms with van der Waals surface area (Å²) >= 11 is 12.0.